The van der Waals surface area contributed by atoms with E-state index in [1.807, 2.05) is 0 Å². The molecule has 1 aromatic carbocycles. The van der Waals surface area contributed by atoms with Gasteiger partial charge in [0.25, 0.3) is 0 Å². The summed E-state index contributed by atoms with van der Waals surface area (Å²) in [7, 11) is -2.51. The van der Waals surface area contributed by atoms with Gasteiger partial charge in [-0.05, 0) is 30.9 Å². The molecular formula is C14H19NO5S. The fourth-order valence-corrected chi connectivity index (χ4v) is 3.54. The largest absolute Gasteiger partial charge is 0.465 e. The third-order valence-electron chi connectivity index (χ3n) is 3.48. The fourth-order valence-electron chi connectivity index (χ4n) is 2.24. The molecule has 0 spiro atoms. The summed E-state index contributed by atoms with van der Waals surface area (Å²) in [6.07, 6.45) is 1.67. The van der Waals surface area contributed by atoms with Crippen molar-refractivity contribution in [3.8, 4) is 0 Å². The van der Waals surface area contributed by atoms with Crippen LogP contribution in [0.3, 0.4) is 0 Å². The number of carbonyl (C=O) groups excluding carboxylic acids is 1. The lowest BCUT2D eigenvalue weighted by molar-refractivity contribution is 0.0596. The van der Waals surface area contributed by atoms with Crippen molar-refractivity contribution in [2.75, 3.05) is 26.9 Å². The van der Waals surface area contributed by atoms with Crippen LogP contribution >= 0.6 is 0 Å². The number of methoxy groups -OCH3 is 1. The highest BCUT2D eigenvalue weighted by molar-refractivity contribution is 7.89. The van der Waals surface area contributed by atoms with Crippen molar-refractivity contribution in [2.24, 2.45) is 5.92 Å². The molecule has 0 aromatic heterocycles. The highest BCUT2D eigenvalue weighted by Crippen LogP contribution is 2.18. The topological polar surface area (TPSA) is 81.7 Å². The minimum Gasteiger partial charge on any atom is -0.465 e. The smallest absolute Gasteiger partial charge is 0.339 e. The lowest BCUT2D eigenvalue weighted by atomic mass is 10.0. The van der Waals surface area contributed by atoms with E-state index in [2.05, 4.69) is 9.46 Å². The highest BCUT2D eigenvalue weighted by Gasteiger charge is 2.24. The van der Waals surface area contributed by atoms with E-state index < -0.39 is 16.0 Å². The zero-order valence-electron chi connectivity index (χ0n) is 11.9. The number of nitrogens with one attached hydrogen (secondary N) is 1. The number of benzene rings is 1. The van der Waals surface area contributed by atoms with Gasteiger partial charge in [0.05, 0.1) is 17.6 Å². The summed E-state index contributed by atoms with van der Waals surface area (Å²) < 4.78 is 37.2. The number of sulfonamides is 1. The van der Waals surface area contributed by atoms with Crippen molar-refractivity contribution in [3.05, 3.63) is 29.8 Å². The molecule has 0 bridgehead atoms. The molecule has 1 aliphatic rings. The average Bonchev–Trinajstić information content (AvgIpc) is 2.53. The molecule has 0 unspecified atom stereocenters. The Morgan fingerprint density at radius 1 is 1.33 bits per heavy atom. The molecule has 116 valence electrons. The Labute approximate surface area is 124 Å². The van der Waals surface area contributed by atoms with Crippen LogP contribution in [-0.4, -0.2) is 41.3 Å². The number of carbonyl (C=O) groups is 1. The van der Waals surface area contributed by atoms with Crippen molar-refractivity contribution in [3.63, 3.8) is 0 Å². The second kappa shape index (κ2) is 7.02. The van der Waals surface area contributed by atoms with Gasteiger partial charge in [-0.15, -0.1) is 0 Å². The second-order valence-electron chi connectivity index (χ2n) is 4.90. The van der Waals surface area contributed by atoms with Crippen LogP contribution in [0.2, 0.25) is 0 Å². The second-order valence-corrected chi connectivity index (χ2v) is 6.63. The van der Waals surface area contributed by atoms with Gasteiger partial charge in [0.15, 0.2) is 0 Å². The SMILES string of the molecule is COC(=O)c1ccccc1S(=O)(=O)NCC1CCOCC1. The Kier molecular flexibility index (Phi) is 5.33. The maximum absolute atomic E-state index is 12.4. The van der Waals surface area contributed by atoms with E-state index in [1.165, 1.54) is 19.2 Å². The number of hydrogen-bond acceptors (Lipinski definition) is 5. The van der Waals surface area contributed by atoms with E-state index in [4.69, 9.17) is 4.74 Å². The molecule has 1 N–H and O–H groups in total. The summed E-state index contributed by atoms with van der Waals surface area (Å²) in [6, 6.07) is 6.02. The standard InChI is InChI=1S/C14H19NO5S/c1-19-14(16)12-4-2-3-5-13(12)21(17,18)15-10-11-6-8-20-9-7-11/h2-5,11,15H,6-10H2,1H3. The van der Waals surface area contributed by atoms with Gasteiger partial charge in [-0.25, -0.2) is 17.9 Å². The van der Waals surface area contributed by atoms with Crippen LogP contribution in [-0.2, 0) is 19.5 Å². The first-order valence-corrected chi connectivity index (χ1v) is 8.27. The summed E-state index contributed by atoms with van der Waals surface area (Å²) in [5, 5.41) is 0. The Bertz CT molecular complexity index is 593. The average molecular weight is 313 g/mol. The van der Waals surface area contributed by atoms with Crippen molar-refractivity contribution < 1.29 is 22.7 Å². The van der Waals surface area contributed by atoms with Crippen molar-refractivity contribution in [1.29, 1.82) is 0 Å². The van der Waals surface area contributed by atoms with Crippen LogP contribution in [0.1, 0.15) is 23.2 Å². The molecule has 2 rings (SSSR count). The Morgan fingerprint density at radius 3 is 2.67 bits per heavy atom. The van der Waals surface area contributed by atoms with E-state index in [0.29, 0.717) is 19.8 Å². The molecule has 0 atom stereocenters. The number of ether oxygens (including phenoxy) is 2. The zero-order valence-corrected chi connectivity index (χ0v) is 12.7. The predicted octanol–water partition coefficient (Wildman–Crippen LogP) is 1.18. The van der Waals surface area contributed by atoms with E-state index in [-0.39, 0.29) is 16.4 Å². The van der Waals surface area contributed by atoms with Gasteiger partial charge >= 0.3 is 5.97 Å². The van der Waals surface area contributed by atoms with Crippen molar-refractivity contribution in [2.45, 2.75) is 17.7 Å². The molecule has 1 aromatic rings. The molecule has 0 radical (unpaired) electrons. The monoisotopic (exact) mass is 313 g/mol. The van der Waals surface area contributed by atoms with Crippen molar-refractivity contribution >= 4 is 16.0 Å². The predicted molar refractivity (Wildman–Crippen MR) is 76.5 cm³/mol. The Balaban J connectivity index is 2.13. The normalized spacial score (nSPS) is 16.6. The quantitative estimate of drug-likeness (QED) is 0.826. The third-order valence-corrected chi connectivity index (χ3v) is 4.97. The van der Waals surface area contributed by atoms with Crippen molar-refractivity contribution in [1.82, 2.24) is 4.72 Å². The Hall–Kier alpha value is -1.44. The first kappa shape index (κ1) is 15.9. The molecule has 0 amide bonds. The van der Waals surface area contributed by atoms with Gasteiger partial charge < -0.3 is 9.47 Å². The summed E-state index contributed by atoms with van der Waals surface area (Å²) in [5.74, 6) is -0.402. The van der Waals surface area contributed by atoms with Crippen LogP contribution in [0.25, 0.3) is 0 Å². The summed E-state index contributed by atoms with van der Waals surface area (Å²) in [4.78, 5) is 11.6. The number of esters is 1. The van der Waals surface area contributed by atoms with Crippen LogP contribution in [0.5, 0.6) is 0 Å². The lowest BCUT2D eigenvalue weighted by Gasteiger charge is -2.22. The summed E-state index contributed by atoms with van der Waals surface area (Å²) >= 11 is 0. The zero-order chi connectivity index (χ0) is 15.3. The maximum atomic E-state index is 12.4. The van der Waals surface area contributed by atoms with Gasteiger partial charge in [0.2, 0.25) is 10.0 Å². The van der Waals surface area contributed by atoms with Gasteiger partial charge in [0, 0.05) is 19.8 Å². The van der Waals surface area contributed by atoms with Crippen LogP contribution in [0, 0.1) is 5.92 Å². The Morgan fingerprint density at radius 2 is 2.00 bits per heavy atom. The van der Waals surface area contributed by atoms with Crippen LogP contribution in [0.4, 0.5) is 0 Å². The van der Waals surface area contributed by atoms with Gasteiger partial charge in [-0.1, -0.05) is 12.1 Å². The summed E-state index contributed by atoms with van der Waals surface area (Å²) in [6.45, 7) is 1.66. The van der Waals surface area contributed by atoms with Gasteiger partial charge in [-0.2, -0.15) is 0 Å². The minimum absolute atomic E-state index is 0.0412. The molecular weight excluding hydrogens is 294 g/mol. The third kappa shape index (κ3) is 4.03. The molecule has 1 fully saturated rings. The van der Waals surface area contributed by atoms with Crippen LogP contribution < -0.4 is 4.72 Å². The molecule has 21 heavy (non-hydrogen) atoms. The maximum Gasteiger partial charge on any atom is 0.339 e. The molecule has 1 aliphatic heterocycles. The van der Waals surface area contributed by atoms with Gasteiger partial charge in [-0.3, -0.25) is 0 Å². The minimum atomic E-state index is -3.74. The number of hydrogen-bond donors (Lipinski definition) is 1. The lowest BCUT2D eigenvalue weighted by Crippen LogP contribution is -2.33. The first-order valence-electron chi connectivity index (χ1n) is 6.79. The van der Waals surface area contributed by atoms with E-state index in [0.717, 1.165) is 12.8 Å². The van der Waals surface area contributed by atoms with E-state index >= 15 is 0 Å². The molecule has 0 saturated carbocycles. The summed E-state index contributed by atoms with van der Waals surface area (Å²) in [5.41, 5.74) is 0.0412. The molecule has 0 aliphatic carbocycles. The molecule has 7 heteroatoms. The van der Waals surface area contributed by atoms with E-state index in [1.54, 1.807) is 12.1 Å². The molecule has 1 heterocycles. The number of rotatable bonds is 5. The molecule has 6 nitrogen and oxygen atoms in total. The first-order chi connectivity index (χ1) is 10.0. The molecule has 1 saturated heterocycles. The van der Waals surface area contributed by atoms with Crippen LogP contribution in [0.15, 0.2) is 29.2 Å². The fraction of sp³-hybridized carbons (Fsp3) is 0.500. The highest BCUT2D eigenvalue weighted by atomic mass is 32.2. The van der Waals surface area contributed by atoms with Gasteiger partial charge in [0.1, 0.15) is 0 Å². The van der Waals surface area contributed by atoms with E-state index in [9.17, 15) is 13.2 Å².